The molecule has 9 nitrogen and oxygen atoms in total. The van der Waals surface area contributed by atoms with E-state index in [0.717, 1.165) is 26.1 Å². The van der Waals surface area contributed by atoms with Crippen LogP contribution in [0.15, 0.2) is 0 Å². The molecule has 246 valence electrons. The Morgan fingerprint density at radius 1 is 0.512 bits per heavy atom. The first kappa shape index (κ1) is 38.7. The Balaban J connectivity index is 2.43. The summed E-state index contributed by atoms with van der Waals surface area (Å²) >= 11 is 0. The van der Waals surface area contributed by atoms with E-state index in [2.05, 4.69) is 13.8 Å². The van der Waals surface area contributed by atoms with E-state index >= 15 is 0 Å². The maximum absolute atomic E-state index is 6.27. The van der Waals surface area contributed by atoms with Gasteiger partial charge in [-0.15, -0.1) is 0 Å². The highest BCUT2D eigenvalue weighted by Gasteiger charge is 2.16. The first-order chi connectivity index (χ1) is 20.4. The highest BCUT2D eigenvalue weighted by molar-refractivity contribution is 4.62. The largest absolute Gasteiger partial charge is 0.379 e. The Morgan fingerprint density at radius 2 is 0.927 bits per heavy atom. The molecule has 0 aromatic heterocycles. The first-order valence-corrected chi connectivity index (χ1v) is 16.6. The normalized spacial score (nSPS) is 19.2. The van der Waals surface area contributed by atoms with Gasteiger partial charge in [0.2, 0.25) is 0 Å². The average Bonchev–Trinajstić information content (AvgIpc) is 2.98. The summed E-state index contributed by atoms with van der Waals surface area (Å²) in [5.41, 5.74) is 0. The lowest BCUT2D eigenvalue weighted by atomic mass is 10.1. The summed E-state index contributed by atoms with van der Waals surface area (Å²) < 4.78 is 52.4. The van der Waals surface area contributed by atoms with Crippen LogP contribution in [0.2, 0.25) is 0 Å². The minimum atomic E-state index is -0.211. The van der Waals surface area contributed by atoms with Crippen LogP contribution in [0.4, 0.5) is 0 Å². The van der Waals surface area contributed by atoms with Crippen molar-refractivity contribution >= 4 is 0 Å². The van der Waals surface area contributed by atoms with Gasteiger partial charge in [0.05, 0.1) is 92.5 Å². The third kappa shape index (κ3) is 28.2. The summed E-state index contributed by atoms with van der Waals surface area (Å²) in [6, 6.07) is 0. The molecule has 41 heavy (non-hydrogen) atoms. The van der Waals surface area contributed by atoms with Crippen molar-refractivity contribution < 1.29 is 42.6 Å². The van der Waals surface area contributed by atoms with E-state index in [1.54, 1.807) is 0 Å². The van der Waals surface area contributed by atoms with Crippen molar-refractivity contribution in [1.29, 1.82) is 0 Å². The van der Waals surface area contributed by atoms with Gasteiger partial charge < -0.3 is 42.6 Å². The van der Waals surface area contributed by atoms with Gasteiger partial charge in [-0.25, -0.2) is 0 Å². The van der Waals surface area contributed by atoms with Crippen molar-refractivity contribution in [2.24, 2.45) is 0 Å². The van der Waals surface area contributed by atoms with Gasteiger partial charge in [0.15, 0.2) is 0 Å². The molecule has 1 unspecified atom stereocenters. The molecular weight excluding hydrogens is 528 g/mol. The standard InChI is InChI=1S/C32H64O9/c1-3-5-7-9-11-13-15-37-27-31(28-38-16-14-12-10-8-6-4-2)41-30-32-29-39-24-23-35-20-19-33-17-18-34-21-22-36-25-26-40-32/h31-32H,3-30H2,1-2H3. The van der Waals surface area contributed by atoms with Gasteiger partial charge in [0.25, 0.3) is 0 Å². The van der Waals surface area contributed by atoms with Crippen molar-refractivity contribution in [3.05, 3.63) is 0 Å². The van der Waals surface area contributed by atoms with E-state index in [1.165, 1.54) is 64.2 Å². The summed E-state index contributed by atoms with van der Waals surface area (Å²) in [5, 5.41) is 0. The Bertz CT molecular complexity index is 460. The number of rotatable bonds is 21. The lowest BCUT2D eigenvalue weighted by Gasteiger charge is -2.23. The van der Waals surface area contributed by atoms with E-state index in [-0.39, 0.29) is 12.2 Å². The fraction of sp³-hybridized carbons (Fsp3) is 1.00. The summed E-state index contributed by atoms with van der Waals surface area (Å²) in [6.45, 7) is 13.1. The van der Waals surface area contributed by atoms with Crippen LogP contribution < -0.4 is 0 Å². The van der Waals surface area contributed by atoms with Gasteiger partial charge in [-0.05, 0) is 12.8 Å². The van der Waals surface area contributed by atoms with Crippen molar-refractivity contribution in [1.82, 2.24) is 0 Å². The van der Waals surface area contributed by atoms with E-state index in [9.17, 15) is 0 Å². The molecule has 0 aromatic carbocycles. The van der Waals surface area contributed by atoms with Gasteiger partial charge in [-0.3, -0.25) is 0 Å². The molecule has 1 heterocycles. The molecule has 1 aliphatic heterocycles. The first-order valence-electron chi connectivity index (χ1n) is 16.6. The van der Waals surface area contributed by atoms with E-state index in [1.807, 2.05) is 0 Å². The number of ether oxygens (including phenoxy) is 9. The van der Waals surface area contributed by atoms with Gasteiger partial charge >= 0.3 is 0 Å². The Labute approximate surface area is 251 Å². The molecule has 0 saturated carbocycles. The van der Waals surface area contributed by atoms with E-state index in [0.29, 0.717) is 92.5 Å². The Kier molecular flexibility index (Phi) is 30.7. The van der Waals surface area contributed by atoms with Gasteiger partial charge in [0, 0.05) is 13.2 Å². The van der Waals surface area contributed by atoms with Crippen LogP contribution in [0.3, 0.4) is 0 Å². The van der Waals surface area contributed by atoms with Crippen molar-refractivity contribution in [2.75, 3.05) is 106 Å². The summed E-state index contributed by atoms with van der Waals surface area (Å²) in [6.07, 6.45) is 14.7. The highest BCUT2D eigenvalue weighted by atomic mass is 16.6. The summed E-state index contributed by atoms with van der Waals surface area (Å²) in [7, 11) is 0. The second kappa shape index (κ2) is 32.6. The zero-order valence-electron chi connectivity index (χ0n) is 26.6. The SMILES string of the molecule is CCCCCCCCOCC(COCCCCCCCC)OCC1COCCOCCOCCOCCOCCO1. The van der Waals surface area contributed by atoms with Crippen LogP contribution in [-0.2, 0) is 42.6 Å². The predicted octanol–water partition coefficient (Wildman–Crippen LogP) is 5.61. The van der Waals surface area contributed by atoms with Crippen LogP contribution >= 0.6 is 0 Å². The highest BCUT2D eigenvalue weighted by Crippen LogP contribution is 2.08. The van der Waals surface area contributed by atoms with E-state index in [4.69, 9.17) is 42.6 Å². The fourth-order valence-corrected chi connectivity index (χ4v) is 4.30. The second-order valence-electron chi connectivity index (χ2n) is 10.7. The van der Waals surface area contributed by atoms with Crippen LogP contribution in [0.25, 0.3) is 0 Å². The molecule has 0 aromatic rings. The lowest BCUT2D eigenvalue weighted by Crippen LogP contribution is -2.34. The molecule has 0 aliphatic carbocycles. The molecular formula is C32H64O9. The molecule has 0 amide bonds. The van der Waals surface area contributed by atoms with Gasteiger partial charge in [0.1, 0.15) is 12.2 Å². The zero-order chi connectivity index (χ0) is 29.3. The fourth-order valence-electron chi connectivity index (χ4n) is 4.30. The minimum Gasteiger partial charge on any atom is -0.379 e. The molecule has 0 N–H and O–H groups in total. The van der Waals surface area contributed by atoms with Crippen LogP contribution in [-0.4, -0.2) is 118 Å². The molecule has 1 saturated heterocycles. The lowest BCUT2D eigenvalue weighted by molar-refractivity contribution is -0.118. The summed E-state index contributed by atoms with van der Waals surface area (Å²) in [5.74, 6) is 0. The van der Waals surface area contributed by atoms with Crippen LogP contribution in [0.5, 0.6) is 0 Å². The number of unbranched alkanes of at least 4 members (excludes halogenated alkanes) is 10. The molecule has 0 bridgehead atoms. The third-order valence-electron chi connectivity index (χ3n) is 6.78. The van der Waals surface area contributed by atoms with E-state index < -0.39 is 0 Å². The minimum absolute atomic E-state index is 0.136. The monoisotopic (exact) mass is 592 g/mol. The Morgan fingerprint density at radius 3 is 1.41 bits per heavy atom. The summed E-state index contributed by atoms with van der Waals surface area (Å²) in [4.78, 5) is 0. The van der Waals surface area contributed by atoms with Crippen LogP contribution in [0.1, 0.15) is 90.9 Å². The van der Waals surface area contributed by atoms with Crippen molar-refractivity contribution in [2.45, 2.75) is 103 Å². The maximum Gasteiger partial charge on any atom is 0.104 e. The average molecular weight is 593 g/mol. The molecule has 1 atom stereocenters. The second-order valence-corrected chi connectivity index (χ2v) is 10.7. The quantitative estimate of drug-likeness (QED) is 0.158. The topological polar surface area (TPSA) is 83.1 Å². The van der Waals surface area contributed by atoms with Gasteiger partial charge in [-0.1, -0.05) is 78.1 Å². The molecule has 1 fully saturated rings. The van der Waals surface area contributed by atoms with Gasteiger partial charge in [-0.2, -0.15) is 0 Å². The smallest absolute Gasteiger partial charge is 0.104 e. The molecule has 9 heteroatoms. The number of hydrogen-bond acceptors (Lipinski definition) is 9. The predicted molar refractivity (Wildman–Crippen MR) is 162 cm³/mol. The van der Waals surface area contributed by atoms with Crippen LogP contribution in [0, 0.1) is 0 Å². The molecule has 0 radical (unpaired) electrons. The molecule has 1 aliphatic rings. The molecule has 0 spiro atoms. The number of hydrogen-bond donors (Lipinski definition) is 0. The van der Waals surface area contributed by atoms with Crippen molar-refractivity contribution in [3.8, 4) is 0 Å². The van der Waals surface area contributed by atoms with Crippen molar-refractivity contribution in [3.63, 3.8) is 0 Å². The Hall–Kier alpha value is -0.360. The molecule has 1 rings (SSSR count). The third-order valence-corrected chi connectivity index (χ3v) is 6.78. The zero-order valence-corrected chi connectivity index (χ0v) is 26.6. The maximum atomic E-state index is 6.27.